The molecule has 1 amide bonds. The molecule has 0 aliphatic heterocycles. The summed E-state index contributed by atoms with van der Waals surface area (Å²) in [5.74, 6) is 0.454. The number of nitrogens with zero attached hydrogens (tertiary/aromatic N) is 3. The number of carbonyl (C=O) groups excluding carboxylic acids is 1. The normalized spacial score (nSPS) is 10.8. The van der Waals surface area contributed by atoms with Crippen LogP contribution in [0, 0.1) is 26.6 Å². The number of halogens is 1. The van der Waals surface area contributed by atoms with Crippen LogP contribution in [0.25, 0.3) is 5.69 Å². The van der Waals surface area contributed by atoms with Crippen molar-refractivity contribution in [2.24, 2.45) is 0 Å². The maximum Gasteiger partial charge on any atom is 0.234 e. The quantitative estimate of drug-likeness (QED) is 0.688. The fraction of sp³-hybridized carbons (Fsp3) is 0.211. The van der Waals surface area contributed by atoms with Gasteiger partial charge in [0.25, 0.3) is 0 Å². The van der Waals surface area contributed by atoms with Crippen molar-refractivity contribution in [3.05, 3.63) is 65.2 Å². The predicted molar refractivity (Wildman–Crippen MR) is 101 cm³/mol. The van der Waals surface area contributed by atoms with Crippen LogP contribution in [0.3, 0.4) is 0 Å². The Balaban J connectivity index is 1.70. The molecule has 3 aromatic rings. The molecule has 7 heteroatoms. The lowest BCUT2D eigenvalue weighted by Crippen LogP contribution is -2.15. The van der Waals surface area contributed by atoms with Crippen LogP contribution in [-0.4, -0.2) is 26.4 Å². The first-order valence-electron chi connectivity index (χ1n) is 8.12. The van der Waals surface area contributed by atoms with E-state index in [4.69, 9.17) is 0 Å². The maximum atomic E-state index is 13.1. The average molecular weight is 370 g/mol. The summed E-state index contributed by atoms with van der Waals surface area (Å²) >= 11 is 1.29. The molecule has 0 saturated heterocycles. The number of benzene rings is 2. The van der Waals surface area contributed by atoms with Crippen LogP contribution in [0.4, 0.5) is 10.1 Å². The number of aryl methyl sites for hydroxylation is 3. The third-order valence-electron chi connectivity index (χ3n) is 3.87. The van der Waals surface area contributed by atoms with Gasteiger partial charge in [-0.05, 0) is 56.7 Å². The zero-order valence-corrected chi connectivity index (χ0v) is 15.6. The van der Waals surface area contributed by atoms with E-state index in [2.05, 4.69) is 15.5 Å². The van der Waals surface area contributed by atoms with E-state index in [1.165, 1.54) is 23.9 Å². The summed E-state index contributed by atoms with van der Waals surface area (Å²) in [7, 11) is 0. The van der Waals surface area contributed by atoms with Gasteiger partial charge in [-0.25, -0.2) is 4.39 Å². The highest BCUT2D eigenvalue weighted by molar-refractivity contribution is 7.99. The molecule has 0 fully saturated rings. The zero-order valence-electron chi connectivity index (χ0n) is 14.8. The molecule has 2 aromatic carbocycles. The molecular formula is C19H19FN4OS. The first-order chi connectivity index (χ1) is 12.4. The van der Waals surface area contributed by atoms with E-state index in [9.17, 15) is 9.18 Å². The average Bonchev–Trinajstić information content (AvgIpc) is 2.97. The molecule has 0 spiro atoms. The van der Waals surface area contributed by atoms with Gasteiger partial charge in [-0.15, -0.1) is 10.2 Å². The second-order valence-corrected chi connectivity index (χ2v) is 6.94. The highest BCUT2D eigenvalue weighted by Crippen LogP contribution is 2.23. The molecule has 3 rings (SSSR count). The van der Waals surface area contributed by atoms with E-state index in [1.807, 2.05) is 39.0 Å². The van der Waals surface area contributed by atoms with Crippen molar-refractivity contribution < 1.29 is 9.18 Å². The maximum absolute atomic E-state index is 13.1. The van der Waals surface area contributed by atoms with Crippen LogP contribution in [-0.2, 0) is 4.79 Å². The fourth-order valence-electron chi connectivity index (χ4n) is 2.59. The van der Waals surface area contributed by atoms with Crippen molar-refractivity contribution in [3.63, 3.8) is 0 Å². The molecule has 1 N–H and O–H groups in total. The highest BCUT2D eigenvalue weighted by Gasteiger charge is 2.14. The van der Waals surface area contributed by atoms with Gasteiger partial charge in [0.05, 0.1) is 5.75 Å². The number of rotatable bonds is 5. The second-order valence-electron chi connectivity index (χ2n) is 6.00. The van der Waals surface area contributed by atoms with E-state index >= 15 is 0 Å². The molecule has 0 radical (unpaired) electrons. The molecule has 0 bridgehead atoms. The summed E-state index contributed by atoms with van der Waals surface area (Å²) in [6.07, 6.45) is 0. The minimum atomic E-state index is -0.304. The Morgan fingerprint density at radius 2 is 1.85 bits per heavy atom. The Kier molecular flexibility index (Phi) is 5.37. The smallest absolute Gasteiger partial charge is 0.234 e. The summed E-state index contributed by atoms with van der Waals surface area (Å²) in [6, 6.07) is 12.0. The summed E-state index contributed by atoms with van der Waals surface area (Å²) in [5, 5.41) is 11.7. The molecule has 1 aromatic heterocycles. The van der Waals surface area contributed by atoms with Crippen molar-refractivity contribution in [3.8, 4) is 5.69 Å². The Morgan fingerprint density at radius 3 is 2.54 bits per heavy atom. The Morgan fingerprint density at radius 1 is 1.12 bits per heavy atom. The van der Waals surface area contributed by atoms with Gasteiger partial charge >= 0.3 is 0 Å². The monoisotopic (exact) mass is 370 g/mol. The molecular weight excluding hydrogens is 351 g/mol. The van der Waals surface area contributed by atoms with E-state index in [0.29, 0.717) is 11.0 Å². The minimum Gasteiger partial charge on any atom is -0.325 e. The van der Waals surface area contributed by atoms with Crippen molar-refractivity contribution >= 4 is 23.4 Å². The fourth-order valence-corrected chi connectivity index (χ4v) is 3.39. The van der Waals surface area contributed by atoms with Gasteiger partial charge in [-0.2, -0.15) is 0 Å². The van der Waals surface area contributed by atoms with Crippen molar-refractivity contribution in [2.75, 3.05) is 11.1 Å². The molecule has 26 heavy (non-hydrogen) atoms. The third kappa shape index (κ3) is 4.11. The molecule has 1 heterocycles. The third-order valence-corrected chi connectivity index (χ3v) is 4.80. The van der Waals surface area contributed by atoms with Gasteiger partial charge in [0.15, 0.2) is 5.16 Å². The molecule has 0 atom stereocenters. The van der Waals surface area contributed by atoms with Gasteiger partial charge in [0, 0.05) is 11.4 Å². The van der Waals surface area contributed by atoms with Crippen LogP contribution >= 0.6 is 11.8 Å². The topological polar surface area (TPSA) is 59.8 Å². The zero-order chi connectivity index (χ0) is 18.7. The molecule has 134 valence electrons. The standard InChI is InChI=1S/C19H19FN4OS/c1-12-4-9-17(13(2)10-12)21-18(25)11-26-19-23-22-14(3)24(19)16-7-5-15(20)6-8-16/h4-10H,11H2,1-3H3,(H,21,25). The number of aromatic nitrogens is 3. The van der Waals surface area contributed by atoms with Crippen molar-refractivity contribution in [1.29, 1.82) is 0 Å². The molecule has 0 saturated carbocycles. The predicted octanol–water partition coefficient (Wildman–Crippen LogP) is 4.06. The van der Waals surface area contributed by atoms with Crippen LogP contribution in [0.5, 0.6) is 0 Å². The van der Waals surface area contributed by atoms with Gasteiger partial charge in [0.2, 0.25) is 5.91 Å². The Hall–Kier alpha value is -2.67. The summed E-state index contributed by atoms with van der Waals surface area (Å²) in [6.45, 7) is 5.79. The molecule has 0 unspecified atom stereocenters. The molecule has 0 aliphatic carbocycles. The number of thioether (sulfide) groups is 1. The SMILES string of the molecule is Cc1ccc(NC(=O)CSc2nnc(C)n2-c2ccc(F)cc2)c(C)c1. The number of hydrogen-bond acceptors (Lipinski definition) is 4. The lowest BCUT2D eigenvalue weighted by molar-refractivity contribution is -0.113. The van der Waals surface area contributed by atoms with Gasteiger partial charge in [0.1, 0.15) is 11.6 Å². The summed E-state index contributed by atoms with van der Waals surface area (Å²) < 4.78 is 14.9. The minimum absolute atomic E-state index is 0.117. The lowest BCUT2D eigenvalue weighted by Gasteiger charge is -2.10. The van der Waals surface area contributed by atoms with E-state index < -0.39 is 0 Å². The van der Waals surface area contributed by atoms with Crippen LogP contribution in [0.2, 0.25) is 0 Å². The Labute approximate surface area is 155 Å². The van der Waals surface area contributed by atoms with Gasteiger partial charge < -0.3 is 5.32 Å². The van der Waals surface area contributed by atoms with Crippen LogP contribution in [0.1, 0.15) is 17.0 Å². The number of carbonyl (C=O) groups is 1. The van der Waals surface area contributed by atoms with E-state index in [0.717, 1.165) is 22.5 Å². The highest BCUT2D eigenvalue weighted by atomic mass is 32.2. The number of amides is 1. The van der Waals surface area contributed by atoms with E-state index in [-0.39, 0.29) is 17.5 Å². The number of hydrogen-bond donors (Lipinski definition) is 1. The molecule has 5 nitrogen and oxygen atoms in total. The number of nitrogens with one attached hydrogen (secondary N) is 1. The lowest BCUT2D eigenvalue weighted by atomic mass is 10.1. The van der Waals surface area contributed by atoms with Crippen molar-refractivity contribution in [1.82, 2.24) is 14.8 Å². The van der Waals surface area contributed by atoms with Gasteiger partial charge in [-0.1, -0.05) is 29.5 Å². The van der Waals surface area contributed by atoms with Crippen molar-refractivity contribution in [2.45, 2.75) is 25.9 Å². The van der Waals surface area contributed by atoms with Crippen LogP contribution < -0.4 is 5.32 Å². The number of anilines is 1. The van der Waals surface area contributed by atoms with Crippen LogP contribution in [0.15, 0.2) is 47.6 Å². The largest absolute Gasteiger partial charge is 0.325 e. The summed E-state index contributed by atoms with van der Waals surface area (Å²) in [5.41, 5.74) is 3.73. The Bertz CT molecular complexity index is 937. The molecule has 0 aliphatic rings. The summed E-state index contributed by atoms with van der Waals surface area (Å²) in [4.78, 5) is 12.3. The van der Waals surface area contributed by atoms with Gasteiger partial charge in [-0.3, -0.25) is 9.36 Å². The first kappa shape index (κ1) is 18.1. The second kappa shape index (κ2) is 7.70. The van der Waals surface area contributed by atoms with E-state index in [1.54, 1.807) is 16.7 Å². The first-order valence-corrected chi connectivity index (χ1v) is 9.10.